The van der Waals surface area contributed by atoms with Crippen LogP contribution in [0, 0.1) is 5.41 Å². The molecule has 1 atom stereocenters. The zero-order chi connectivity index (χ0) is 16.0. The van der Waals surface area contributed by atoms with Gasteiger partial charge in [-0.2, -0.15) is 5.10 Å². The van der Waals surface area contributed by atoms with E-state index in [-0.39, 0.29) is 17.4 Å². The number of aromatic nitrogens is 2. The lowest BCUT2D eigenvalue weighted by atomic mass is 9.74. The molecule has 4 nitrogen and oxygen atoms in total. The normalized spacial score (nSPS) is 19.7. The Morgan fingerprint density at radius 3 is 2.91 bits per heavy atom. The van der Waals surface area contributed by atoms with Gasteiger partial charge >= 0.3 is 0 Å². The van der Waals surface area contributed by atoms with Gasteiger partial charge in [0.15, 0.2) is 0 Å². The molecule has 118 valence electrons. The summed E-state index contributed by atoms with van der Waals surface area (Å²) in [5, 5.41) is 10.4. The molecule has 1 amide bonds. The van der Waals surface area contributed by atoms with E-state index in [4.69, 9.17) is 0 Å². The molecule has 3 aromatic rings. The van der Waals surface area contributed by atoms with Crippen molar-refractivity contribution in [2.24, 2.45) is 5.41 Å². The molecule has 1 saturated heterocycles. The SMILES string of the molecule is CC1(C)CN(C(=O)Cc2[nH]nc3ccccc23)C1c1cccs1. The van der Waals surface area contributed by atoms with Gasteiger partial charge in [-0.3, -0.25) is 9.89 Å². The van der Waals surface area contributed by atoms with Crippen LogP contribution in [-0.4, -0.2) is 27.5 Å². The van der Waals surface area contributed by atoms with Crippen molar-refractivity contribution in [1.82, 2.24) is 15.1 Å². The fourth-order valence-corrected chi connectivity index (χ4v) is 4.59. The van der Waals surface area contributed by atoms with Crippen LogP contribution in [0.1, 0.15) is 30.5 Å². The molecule has 1 N–H and O–H groups in total. The lowest BCUT2D eigenvalue weighted by Gasteiger charge is -2.54. The summed E-state index contributed by atoms with van der Waals surface area (Å²) < 4.78 is 0. The first-order chi connectivity index (χ1) is 11.1. The molecule has 23 heavy (non-hydrogen) atoms. The van der Waals surface area contributed by atoms with E-state index in [1.807, 2.05) is 29.2 Å². The summed E-state index contributed by atoms with van der Waals surface area (Å²) in [4.78, 5) is 16.1. The van der Waals surface area contributed by atoms with Crippen LogP contribution >= 0.6 is 11.3 Å². The van der Waals surface area contributed by atoms with Gasteiger partial charge in [-0.1, -0.05) is 38.1 Å². The van der Waals surface area contributed by atoms with E-state index in [9.17, 15) is 4.79 Å². The molecule has 1 fully saturated rings. The Labute approximate surface area is 139 Å². The van der Waals surface area contributed by atoms with Gasteiger partial charge in [0.2, 0.25) is 5.91 Å². The summed E-state index contributed by atoms with van der Waals surface area (Å²) in [6.45, 7) is 5.26. The third-order valence-electron chi connectivity index (χ3n) is 4.63. The van der Waals surface area contributed by atoms with Gasteiger partial charge in [0, 0.05) is 22.2 Å². The number of hydrogen-bond donors (Lipinski definition) is 1. The Kier molecular flexibility index (Phi) is 3.27. The first-order valence-corrected chi connectivity index (χ1v) is 8.69. The Morgan fingerprint density at radius 2 is 2.17 bits per heavy atom. The van der Waals surface area contributed by atoms with Gasteiger partial charge in [-0.25, -0.2) is 0 Å². The van der Waals surface area contributed by atoms with Crippen molar-refractivity contribution in [3.8, 4) is 0 Å². The first-order valence-electron chi connectivity index (χ1n) is 7.81. The minimum atomic E-state index is 0.135. The molecule has 0 spiro atoms. The van der Waals surface area contributed by atoms with E-state index >= 15 is 0 Å². The Morgan fingerprint density at radius 1 is 1.35 bits per heavy atom. The minimum absolute atomic E-state index is 0.135. The number of carbonyl (C=O) groups excluding carboxylic acids is 1. The van der Waals surface area contributed by atoms with Gasteiger partial charge in [-0.05, 0) is 17.5 Å². The van der Waals surface area contributed by atoms with Crippen molar-refractivity contribution in [2.45, 2.75) is 26.3 Å². The van der Waals surface area contributed by atoms with E-state index in [2.05, 4.69) is 41.6 Å². The van der Waals surface area contributed by atoms with Crippen molar-refractivity contribution in [3.63, 3.8) is 0 Å². The number of rotatable bonds is 3. The Hall–Kier alpha value is -2.14. The second kappa shape index (κ2) is 5.20. The van der Waals surface area contributed by atoms with E-state index < -0.39 is 0 Å². The molecule has 1 unspecified atom stereocenters. The number of para-hydroxylation sites is 1. The highest BCUT2D eigenvalue weighted by molar-refractivity contribution is 7.10. The van der Waals surface area contributed by atoms with E-state index in [1.54, 1.807) is 11.3 Å². The Balaban J connectivity index is 1.58. The van der Waals surface area contributed by atoms with Gasteiger partial charge in [0.25, 0.3) is 0 Å². The predicted octanol–water partition coefficient (Wildman–Crippen LogP) is 3.78. The van der Waals surface area contributed by atoms with Crippen LogP contribution in [0.25, 0.3) is 10.9 Å². The number of hydrogen-bond acceptors (Lipinski definition) is 3. The van der Waals surface area contributed by atoms with E-state index in [0.29, 0.717) is 6.42 Å². The number of amides is 1. The monoisotopic (exact) mass is 325 g/mol. The lowest BCUT2D eigenvalue weighted by Crippen LogP contribution is -2.58. The zero-order valence-electron chi connectivity index (χ0n) is 13.2. The summed E-state index contributed by atoms with van der Waals surface area (Å²) in [6, 6.07) is 12.3. The maximum Gasteiger partial charge on any atom is 0.229 e. The maximum atomic E-state index is 12.8. The molecule has 0 aliphatic carbocycles. The summed E-state index contributed by atoms with van der Waals surface area (Å²) in [7, 11) is 0. The van der Waals surface area contributed by atoms with Crippen LogP contribution in [0.3, 0.4) is 0 Å². The third-order valence-corrected chi connectivity index (χ3v) is 5.56. The van der Waals surface area contributed by atoms with Gasteiger partial charge in [-0.15, -0.1) is 11.3 Å². The van der Waals surface area contributed by atoms with E-state index in [1.165, 1.54) is 4.88 Å². The summed E-state index contributed by atoms with van der Waals surface area (Å²) >= 11 is 1.73. The molecular formula is C18H19N3OS. The minimum Gasteiger partial charge on any atom is -0.333 e. The molecule has 0 bridgehead atoms. The first kappa shape index (κ1) is 14.5. The van der Waals surface area contributed by atoms with Crippen molar-refractivity contribution >= 4 is 28.1 Å². The second-order valence-electron chi connectivity index (χ2n) is 6.82. The van der Waals surface area contributed by atoms with Gasteiger partial charge in [0.05, 0.1) is 23.7 Å². The van der Waals surface area contributed by atoms with Crippen molar-refractivity contribution in [3.05, 3.63) is 52.3 Å². The third kappa shape index (κ3) is 2.36. The molecule has 0 radical (unpaired) electrons. The topological polar surface area (TPSA) is 49.0 Å². The molecule has 4 rings (SSSR count). The molecule has 1 aliphatic heterocycles. The Bertz CT molecular complexity index is 850. The number of thiophene rings is 1. The predicted molar refractivity (Wildman–Crippen MR) is 92.4 cm³/mol. The number of aromatic amines is 1. The number of nitrogens with one attached hydrogen (secondary N) is 1. The number of likely N-dealkylation sites (tertiary alicyclic amines) is 1. The molecule has 1 aromatic carbocycles. The maximum absolute atomic E-state index is 12.8. The molecule has 2 aromatic heterocycles. The van der Waals surface area contributed by atoms with Crippen molar-refractivity contribution < 1.29 is 4.79 Å². The largest absolute Gasteiger partial charge is 0.333 e. The molecule has 5 heteroatoms. The van der Waals surface area contributed by atoms with Crippen molar-refractivity contribution in [2.75, 3.05) is 6.54 Å². The smallest absolute Gasteiger partial charge is 0.229 e. The highest BCUT2D eigenvalue weighted by Gasteiger charge is 2.49. The number of fused-ring (bicyclic) bond motifs is 1. The highest BCUT2D eigenvalue weighted by atomic mass is 32.1. The summed E-state index contributed by atoms with van der Waals surface area (Å²) in [5.74, 6) is 0.164. The quantitative estimate of drug-likeness (QED) is 0.797. The van der Waals surface area contributed by atoms with Gasteiger partial charge < -0.3 is 4.90 Å². The van der Waals surface area contributed by atoms with Crippen LogP contribution in [-0.2, 0) is 11.2 Å². The zero-order valence-corrected chi connectivity index (χ0v) is 14.1. The van der Waals surface area contributed by atoms with Gasteiger partial charge in [0.1, 0.15) is 0 Å². The van der Waals surface area contributed by atoms with Crippen LogP contribution in [0.5, 0.6) is 0 Å². The molecular weight excluding hydrogens is 306 g/mol. The van der Waals surface area contributed by atoms with E-state index in [0.717, 1.165) is 23.1 Å². The second-order valence-corrected chi connectivity index (χ2v) is 7.80. The number of carbonyl (C=O) groups is 1. The number of benzene rings is 1. The molecule has 1 aliphatic rings. The summed E-state index contributed by atoms with van der Waals surface area (Å²) in [5.41, 5.74) is 1.95. The van der Waals surface area contributed by atoms with Crippen molar-refractivity contribution in [1.29, 1.82) is 0 Å². The van der Waals surface area contributed by atoms with Crippen LogP contribution in [0.2, 0.25) is 0 Å². The van der Waals surface area contributed by atoms with Crippen LogP contribution in [0.15, 0.2) is 41.8 Å². The average molecular weight is 325 g/mol. The lowest BCUT2D eigenvalue weighted by molar-refractivity contribution is -0.151. The average Bonchev–Trinajstić information content (AvgIpc) is 3.16. The number of H-pyrrole nitrogens is 1. The number of nitrogens with zero attached hydrogens (tertiary/aromatic N) is 2. The molecule has 0 saturated carbocycles. The fourth-order valence-electron chi connectivity index (χ4n) is 3.55. The summed E-state index contributed by atoms with van der Waals surface area (Å²) in [6.07, 6.45) is 0.373. The highest BCUT2D eigenvalue weighted by Crippen LogP contribution is 2.49. The molecule has 3 heterocycles. The van der Waals surface area contributed by atoms with Crippen LogP contribution < -0.4 is 0 Å². The standard InChI is InChI=1S/C18H19N3OS/c1-18(2)11-21(17(18)15-8-5-9-23-15)16(22)10-14-12-6-3-4-7-13(12)19-20-14/h3-9,17H,10-11H2,1-2H3,(H,19,20). The fraction of sp³-hybridized carbons (Fsp3) is 0.333. The van der Waals surface area contributed by atoms with Crippen LogP contribution in [0.4, 0.5) is 0 Å².